The summed E-state index contributed by atoms with van der Waals surface area (Å²) in [4.78, 5) is 2.33. The van der Waals surface area contributed by atoms with E-state index < -0.39 is 0 Å². The lowest BCUT2D eigenvalue weighted by molar-refractivity contribution is 0.281. The fraction of sp³-hybridized carbons (Fsp3) is 0.333. The molecule has 0 radical (unpaired) electrons. The first kappa shape index (κ1) is 14.6. The second-order valence-electron chi connectivity index (χ2n) is 5.35. The largest absolute Gasteiger partial charge is 0.490 e. The summed E-state index contributed by atoms with van der Waals surface area (Å²) in [5, 5.41) is 0. The Morgan fingerprint density at radius 1 is 1.09 bits per heavy atom. The number of fused-ring (bicyclic) bond motifs is 1. The van der Waals surface area contributed by atoms with E-state index >= 15 is 0 Å². The van der Waals surface area contributed by atoms with E-state index in [0.717, 1.165) is 36.7 Å². The van der Waals surface area contributed by atoms with Gasteiger partial charge in [-0.3, -0.25) is 0 Å². The topological polar surface area (TPSA) is 47.7 Å². The number of ether oxygens (including phenoxy) is 2. The average molecular weight is 298 g/mol. The summed E-state index contributed by atoms with van der Waals surface area (Å²) in [6.07, 6.45) is 1.07. The molecule has 116 valence electrons. The van der Waals surface area contributed by atoms with Gasteiger partial charge >= 0.3 is 0 Å². The van der Waals surface area contributed by atoms with Crippen LogP contribution in [0.5, 0.6) is 11.5 Å². The van der Waals surface area contributed by atoms with Gasteiger partial charge in [0.05, 0.1) is 13.2 Å². The van der Waals surface area contributed by atoms with Crippen molar-refractivity contribution in [3.05, 3.63) is 48.0 Å². The molecule has 0 fully saturated rings. The van der Waals surface area contributed by atoms with Crippen molar-refractivity contribution in [2.75, 3.05) is 36.9 Å². The molecule has 4 heteroatoms. The Morgan fingerprint density at radius 2 is 1.86 bits per heavy atom. The monoisotopic (exact) mass is 298 g/mol. The maximum Gasteiger partial charge on any atom is 0.161 e. The molecule has 0 bridgehead atoms. The summed E-state index contributed by atoms with van der Waals surface area (Å²) < 4.78 is 11.5. The summed E-state index contributed by atoms with van der Waals surface area (Å²) in [7, 11) is 0. The Balaban J connectivity index is 1.60. The van der Waals surface area contributed by atoms with Crippen LogP contribution in [0.15, 0.2) is 42.5 Å². The molecule has 0 saturated carbocycles. The third-order valence-corrected chi connectivity index (χ3v) is 3.87. The van der Waals surface area contributed by atoms with E-state index in [1.54, 1.807) is 0 Å². The number of rotatable bonds is 6. The highest BCUT2D eigenvalue weighted by molar-refractivity contribution is 5.64. The van der Waals surface area contributed by atoms with Gasteiger partial charge in [0.1, 0.15) is 6.61 Å². The van der Waals surface area contributed by atoms with Crippen LogP contribution < -0.4 is 20.1 Å². The van der Waals surface area contributed by atoms with Gasteiger partial charge in [0, 0.05) is 17.9 Å². The van der Waals surface area contributed by atoms with E-state index in [1.165, 1.54) is 11.3 Å². The summed E-state index contributed by atoms with van der Waals surface area (Å²) in [5.41, 5.74) is 9.31. The number of nitrogen functional groups attached to an aromatic ring is 1. The molecule has 0 aliphatic carbocycles. The first-order valence-electron chi connectivity index (χ1n) is 7.76. The van der Waals surface area contributed by atoms with Gasteiger partial charge in [0.15, 0.2) is 11.5 Å². The van der Waals surface area contributed by atoms with E-state index in [9.17, 15) is 0 Å². The van der Waals surface area contributed by atoms with Gasteiger partial charge in [0.2, 0.25) is 0 Å². The van der Waals surface area contributed by atoms with Crippen LogP contribution in [0.4, 0.5) is 11.4 Å². The molecule has 0 amide bonds. The van der Waals surface area contributed by atoms with E-state index in [2.05, 4.69) is 17.0 Å². The molecule has 1 aliphatic rings. The lowest BCUT2D eigenvalue weighted by Gasteiger charge is -2.20. The third-order valence-electron chi connectivity index (χ3n) is 3.87. The van der Waals surface area contributed by atoms with Crippen molar-refractivity contribution in [3.63, 3.8) is 0 Å². The molecule has 0 spiro atoms. The second kappa shape index (κ2) is 6.60. The zero-order valence-electron chi connectivity index (χ0n) is 12.9. The van der Waals surface area contributed by atoms with Crippen molar-refractivity contribution >= 4 is 11.4 Å². The second-order valence-corrected chi connectivity index (χ2v) is 5.35. The fourth-order valence-electron chi connectivity index (χ4n) is 2.80. The number of anilines is 2. The van der Waals surface area contributed by atoms with E-state index in [0.29, 0.717) is 13.2 Å². The number of nitrogens with two attached hydrogens (primary N) is 1. The lowest BCUT2D eigenvalue weighted by atomic mass is 10.1. The number of nitrogens with zero attached hydrogens (tertiary/aromatic N) is 1. The van der Waals surface area contributed by atoms with Gasteiger partial charge in [-0.15, -0.1) is 0 Å². The van der Waals surface area contributed by atoms with Crippen LogP contribution in [-0.2, 0) is 6.42 Å². The Labute approximate surface area is 131 Å². The number of hydrogen-bond acceptors (Lipinski definition) is 4. The summed E-state index contributed by atoms with van der Waals surface area (Å²) in [5.74, 6) is 1.60. The molecule has 1 aliphatic heterocycles. The fourth-order valence-corrected chi connectivity index (χ4v) is 2.80. The average Bonchev–Trinajstić information content (AvgIpc) is 2.92. The molecule has 2 N–H and O–H groups in total. The van der Waals surface area contributed by atoms with Crippen LogP contribution in [0.3, 0.4) is 0 Å². The van der Waals surface area contributed by atoms with Gasteiger partial charge in [-0.05, 0) is 43.2 Å². The molecular weight excluding hydrogens is 276 g/mol. The Kier molecular flexibility index (Phi) is 4.37. The zero-order valence-corrected chi connectivity index (χ0v) is 12.9. The van der Waals surface area contributed by atoms with Crippen molar-refractivity contribution in [3.8, 4) is 11.5 Å². The first-order valence-corrected chi connectivity index (χ1v) is 7.76. The summed E-state index contributed by atoms with van der Waals surface area (Å²) in [6.45, 7) is 5.10. The first-order chi connectivity index (χ1) is 10.8. The van der Waals surface area contributed by atoms with Crippen molar-refractivity contribution < 1.29 is 9.47 Å². The number of benzene rings is 2. The molecule has 0 aromatic heterocycles. The molecule has 2 aromatic carbocycles. The van der Waals surface area contributed by atoms with Crippen molar-refractivity contribution in [2.24, 2.45) is 0 Å². The van der Waals surface area contributed by atoms with Crippen LogP contribution in [0, 0.1) is 0 Å². The van der Waals surface area contributed by atoms with Gasteiger partial charge in [0.25, 0.3) is 0 Å². The minimum atomic E-state index is 0.623. The predicted molar refractivity (Wildman–Crippen MR) is 89.9 cm³/mol. The van der Waals surface area contributed by atoms with Crippen LogP contribution in [0.25, 0.3) is 0 Å². The highest BCUT2D eigenvalue weighted by Gasteiger charge is 2.18. The molecule has 22 heavy (non-hydrogen) atoms. The third kappa shape index (κ3) is 3.11. The molecule has 2 aromatic rings. The van der Waals surface area contributed by atoms with Crippen LogP contribution in [-0.4, -0.2) is 26.3 Å². The summed E-state index contributed by atoms with van der Waals surface area (Å²) in [6, 6.07) is 13.9. The van der Waals surface area contributed by atoms with Gasteiger partial charge in [-0.2, -0.15) is 0 Å². The normalized spacial score (nSPS) is 13.0. The van der Waals surface area contributed by atoms with Crippen molar-refractivity contribution in [2.45, 2.75) is 13.3 Å². The van der Waals surface area contributed by atoms with Crippen LogP contribution in [0.1, 0.15) is 12.5 Å². The minimum Gasteiger partial charge on any atom is -0.490 e. The molecule has 4 nitrogen and oxygen atoms in total. The predicted octanol–water partition coefficient (Wildman–Crippen LogP) is 3.11. The van der Waals surface area contributed by atoms with Gasteiger partial charge in [-0.1, -0.05) is 18.2 Å². The zero-order chi connectivity index (χ0) is 15.4. The van der Waals surface area contributed by atoms with Gasteiger partial charge < -0.3 is 20.1 Å². The molecule has 3 rings (SSSR count). The Bertz CT molecular complexity index is 643. The molecule has 0 saturated heterocycles. The van der Waals surface area contributed by atoms with Crippen molar-refractivity contribution in [1.82, 2.24) is 0 Å². The summed E-state index contributed by atoms with van der Waals surface area (Å²) >= 11 is 0. The van der Waals surface area contributed by atoms with E-state index in [4.69, 9.17) is 15.2 Å². The smallest absolute Gasteiger partial charge is 0.161 e. The number of para-hydroxylation sites is 2. The van der Waals surface area contributed by atoms with Crippen LogP contribution >= 0.6 is 0 Å². The minimum absolute atomic E-state index is 0.623. The molecule has 1 heterocycles. The molecular formula is C18H22N2O2. The van der Waals surface area contributed by atoms with Crippen molar-refractivity contribution in [1.29, 1.82) is 0 Å². The molecule has 0 unspecified atom stereocenters. The van der Waals surface area contributed by atoms with E-state index in [1.807, 2.05) is 37.3 Å². The molecule has 0 atom stereocenters. The van der Waals surface area contributed by atoms with Crippen LogP contribution in [0.2, 0.25) is 0 Å². The Morgan fingerprint density at radius 3 is 2.64 bits per heavy atom. The SMILES string of the molecule is CCOc1ccccc1OCCN1CCc2ccc(N)cc21. The highest BCUT2D eigenvalue weighted by Crippen LogP contribution is 2.30. The maximum atomic E-state index is 5.90. The number of hydrogen-bond donors (Lipinski definition) is 1. The van der Waals surface area contributed by atoms with E-state index in [-0.39, 0.29) is 0 Å². The lowest BCUT2D eigenvalue weighted by Crippen LogP contribution is -2.26. The quantitative estimate of drug-likeness (QED) is 0.833. The highest BCUT2D eigenvalue weighted by atomic mass is 16.5. The maximum absolute atomic E-state index is 5.90. The Hall–Kier alpha value is -2.36. The van der Waals surface area contributed by atoms with Gasteiger partial charge in [-0.25, -0.2) is 0 Å². The standard InChI is InChI=1S/C18H22N2O2/c1-2-21-17-5-3-4-6-18(17)22-12-11-20-10-9-14-7-8-15(19)13-16(14)20/h3-8,13H,2,9-12,19H2,1H3.